The van der Waals surface area contributed by atoms with Crippen molar-refractivity contribution in [3.05, 3.63) is 15.9 Å². The Balaban J connectivity index is 3.02. The summed E-state index contributed by atoms with van der Waals surface area (Å²) in [6.45, 7) is 0.0431. The van der Waals surface area contributed by atoms with Crippen molar-refractivity contribution in [2.75, 3.05) is 13.7 Å². The molecule has 14 heavy (non-hydrogen) atoms. The Kier molecular flexibility index (Phi) is 3.62. The van der Waals surface area contributed by atoms with Gasteiger partial charge >= 0.3 is 5.97 Å². The van der Waals surface area contributed by atoms with E-state index in [1.165, 1.54) is 7.11 Å². The molecule has 0 saturated carbocycles. The Bertz CT molecular complexity index is 339. The van der Waals surface area contributed by atoms with Crippen molar-refractivity contribution < 1.29 is 14.6 Å². The number of H-pyrrole nitrogens is 1. The van der Waals surface area contributed by atoms with Gasteiger partial charge in [0, 0.05) is 6.54 Å². The molecule has 1 aromatic heterocycles. The number of methoxy groups -OCH3 is 1. The Hall–Kier alpha value is -0.920. The fourth-order valence-corrected chi connectivity index (χ4v) is 1.52. The van der Waals surface area contributed by atoms with Crippen LogP contribution in [0.2, 0.25) is 0 Å². The predicted octanol–water partition coefficient (Wildman–Crippen LogP) is -0.0491. The molecule has 0 aliphatic rings. The van der Waals surface area contributed by atoms with E-state index in [0.29, 0.717) is 10.2 Å². The van der Waals surface area contributed by atoms with E-state index < -0.39 is 12.1 Å². The molecule has 1 aromatic rings. The van der Waals surface area contributed by atoms with Gasteiger partial charge in [0.15, 0.2) is 5.69 Å². The summed E-state index contributed by atoms with van der Waals surface area (Å²) in [6, 6.07) is 0. The quantitative estimate of drug-likeness (QED) is 0.664. The summed E-state index contributed by atoms with van der Waals surface area (Å²) in [5, 5.41) is 15.6. The van der Waals surface area contributed by atoms with Gasteiger partial charge in [-0.15, -0.1) is 0 Å². The second-order valence-corrected chi connectivity index (χ2v) is 3.34. The average Bonchev–Trinajstić information content (AvgIpc) is 2.58. The van der Waals surface area contributed by atoms with Crippen LogP contribution in [-0.2, 0) is 4.74 Å². The van der Waals surface area contributed by atoms with Gasteiger partial charge in [-0.1, -0.05) is 0 Å². The maximum absolute atomic E-state index is 11.1. The molecule has 0 fully saturated rings. The second-order valence-electron chi connectivity index (χ2n) is 2.54. The van der Waals surface area contributed by atoms with Crippen LogP contribution in [0.3, 0.4) is 0 Å². The number of rotatable bonds is 3. The number of halogens is 1. The summed E-state index contributed by atoms with van der Waals surface area (Å²) in [4.78, 5) is 11.1. The summed E-state index contributed by atoms with van der Waals surface area (Å²) in [6.07, 6.45) is -0.879. The molecule has 0 radical (unpaired) electrons. The van der Waals surface area contributed by atoms with E-state index in [9.17, 15) is 9.90 Å². The average molecular weight is 264 g/mol. The number of nitrogens with zero attached hydrogens (tertiary/aromatic N) is 1. The summed E-state index contributed by atoms with van der Waals surface area (Å²) >= 11 is 3.12. The number of aliphatic hydroxyl groups is 1. The molecule has 1 atom stereocenters. The van der Waals surface area contributed by atoms with Gasteiger partial charge in [-0.3, -0.25) is 5.10 Å². The largest absolute Gasteiger partial charge is 0.464 e. The minimum atomic E-state index is -0.879. The van der Waals surface area contributed by atoms with E-state index in [1.807, 2.05) is 0 Å². The molecule has 1 heterocycles. The molecule has 0 aliphatic carbocycles. The van der Waals surface area contributed by atoms with Crippen molar-refractivity contribution in [2.24, 2.45) is 5.73 Å². The Morgan fingerprint density at radius 2 is 2.50 bits per heavy atom. The lowest BCUT2D eigenvalue weighted by Crippen LogP contribution is -2.12. The Labute approximate surface area is 88.6 Å². The SMILES string of the molecule is COC(=O)c1n[nH]c(C(O)CN)c1Br. The van der Waals surface area contributed by atoms with Crippen LogP contribution in [0.25, 0.3) is 0 Å². The minimum Gasteiger partial charge on any atom is -0.464 e. The second kappa shape index (κ2) is 4.54. The number of nitrogens with one attached hydrogen (secondary N) is 1. The Morgan fingerprint density at radius 1 is 1.86 bits per heavy atom. The zero-order valence-corrected chi connectivity index (χ0v) is 9.04. The number of esters is 1. The molecular weight excluding hydrogens is 254 g/mol. The first kappa shape index (κ1) is 11.2. The lowest BCUT2D eigenvalue weighted by atomic mass is 10.2. The number of ether oxygens (including phenoxy) is 1. The number of hydrogen-bond acceptors (Lipinski definition) is 5. The number of carbonyl (C=O) groups is 1. The van der Waals surface area contributed by atoms with Gasteiger partial charge in [0.25, 0.3) is 0 Å². The maximum atomic E-state index is 11.1. The van der Waals surface area contributed by atoms with E-state index in [1.54, 1.807) is 0 Å². The third kappa shape index (κ3) is 1.94. The number of aliphatic hydroxyl groups excluding tert-OH is 1. The number of carbonyl (C=O) groups excluding carboxylic acids is 1. The monoisotopic (exact) mass is 263 g/mol. The zero-order valence-electron chi connectivity index (χ0n) is 7.45. The number of nitrogens with two attached hydrogens (primary N) is 1. The topological polar surface area (TPSA) is 101 Å². The molecule has 7 heteroatoms. The molecule has 0 aliphatic heterocycles. The van der Waals surface area contributed by atoms with Crippen molar-refractivity contribution in [1.29, 1.82) is 0 Å². The summed E-state index contributed by atoms with van der Waals surface area (Å²) in [7, 11) is 1.25. The van der Waals surface area contributed by atoms with Gasteiger partial charge in [0.2, 0.25) is 0 Å². The smallest absolute Gasteiger partial charge is 0.359 e. The van der Waals surface area contributed by atoms with E-state index in [2.05, 4.69) is 30.9 Å². The van der Waals surface area contributed by atoms with Gasteiger partial charge in [0.1, 0.15) is 6.10 Å². The van der Waals surface area contributed by atoms with E-state index in [0.717, 1.165) is 0 Å². The lowest BCUT2D eigenvalue weighted by Gasteiger charge is -2.04. The number of hydrogen-bond donors (Lipinski definition) is 3. The Morgan fingerprint density at radius 3 is 3.00 bits per heavy atom. The van der Waals surface area contributed by atoms with Crippen molar-refractivity contribution in [2.45, 2.75) is 6.10 Å². The molecule has 0 bridgehead atoms. The van der Waals surface area contributed by atoms with Crippen LogP contribution in [0.4, 0.5) is 0 Å². The minimum absolute atomic E-state index is 0.0431. The molecule has 6 nitrogen and oxygen atoms in total. The molecule has 0 aromatic carbocycles. The highest BCUT2D eigenvalue weighted by molar-refractivity contribution is 9.10. The molecule has 1 unspecified atom stereocenters. The van der Waals surface area contributed by atoms with Gasteiger partial charge in [0.05, 0.1) is 17.3 Å². The van der Waals surface area contributed by atoms with Crippen LogP contribution in [0.1, 0.15) is 22.3 Å². The number of aromatic nitrogens is 2. The predicted molar refractivity (Wildman–Crippen MR) is 51.6 cm³/mol. The molecule has 0 amide bonds. The van der Waals surface area contributed by atoms with Crippen LogP contribution >= 0.6 is 15.9 Å². The highest BCUT2D eigenvalue weighted by Gasteiger charge is 2.21. The van der Waals surface area contributed by atoms with Crippen LogP contribution in [0.15, 0.2) is 4.47 Å². The van der Waals surface area contributed by atoms with Gasteiger partial charge in [-0.05, 0) is 15.9 Å². The molecule has 0 spiro atoms. The normalized spacial score (nSPS) is 12.6. The molecule has 4 N–H and O–H groups in total. The van der Waals surface area contributed by atoms with Gasteiger partial charge < -0.3 is 15.6 Å². The highest BCUT2D eigenvalue weighted by atomic mass is 79.9. The highest BCUT2D eigenvalue weighted by Crippen LogP contribution is 2.24. The van der Waals surface area contributed by atoms with E-state index in [-0.39, 0.29) is 12.2 Å². The maximum Gasteiger partial charge on any atom is 0.359 e. The van der Waals surface area contributed by atoms with Crippen molar-refractivity contribution in [1.82, 2.24) is 10.2 Å². The fraction of sp³-hybridized carbons (Fsp3) is 0.429. The summed E-state index contributed by atoms with van der Waals surface area (Å²) in [5.74, 6) is -0.580. The first-order valence-electron chi connectivity index (χ1n) is 3.82. The van der Waals surface area contributed by atoms with Crippen LogP contribution in [0, 0.1) is 0 Å². The van der Waals surface area contributed by atoms with Crippen molar-refractivity contribution in [3.63, 3.8) is 0 Å². The summed E-state index contributed by atoms with van der Waals surface area (Å²) < 4.78 is 4.86. The summed E-state index contributed by atoms with van der Waals surface area (Å²) in [5.41, 5.74) is 5.72. The zero-order chi connectivity index (χ0) is 10.7. The molecule has 1 rings (SSSR count). The molecule has 78 valence electrons. The van der Waals surface area contributed by atoms with Crippen LogP contribution < -0.4 is 5.73 Å². The number of aromatic amines is 1. The van der Waals surface area contributed by atoms with E-state index in [4.69, 9.17) is 5.73 Å². The van der Waals surface area contributed by atoms with Crippen molar-refractivity contribution in [3.8, 4) is 0 Å². The fourth-order valence-electron chi connectivity index (χ4n) is 0.912. The third-order valence-electron chi connectivity index (χ3n) is 1.67. The van der Waals surface area contributed by atoms with Gasteiger partial charge in [-0.25, -0.2) is 4.79 Å². The van der Waals surface area contributed by atoms with E-state index >= 15 is 0 Å². The molecular formula is C7H10BrN3O3. The van der Waals surface area contributed by atoms with Gasteiger partial charge in [-0.2, -0.15) is 5.10 Å². The van der Waals surface area contributed by atoms with Crippen LogP contribution in [-0.4, -0.2) is 34.9 Å². The molecule has 0 saturated heterocycles. The first-order valence-corrected chi connectivity index (χ1v) is 4.61. The van der Waals surface area contributed by atoms with Crippen molar-refractivity contribution >= 4 is 21.9 Å². The van der Waals surface area contributed by atoms with Crippen LogP contribution in [0.5, 0.6) is 0 Å². The standard InChI is InChI=1S/C7H10BrN3O3/c1-14-7(13)6-4(8)5(10-11-6)3(12)2-9/h3,12H,2,9H2,1H3,(H,10,11). The lowest BCUT2D eigenvalue weighted by molar-refractivity contribution is 0.0593. The third-order valence-corrected chi connectivity index (χ3v) is 2.47. The first-order chi connectivity index (χ1) is 6.61.